The molecule has 1 saturated heterocycles. The lowest BCUT2D eigenvalue weighted by Crippen LogP contribution is -2.49. The van der Waals surface area contributed by atoms with Crippen molar-refractivity contribution in [1.82, 2.24) is 9.97 Å². The maximum atomic E-state index is 13.2. The molecule has 0 radical (unpaired) electrons. The molecule has 0 unspecified atom stereocenters. The smallest absolute Gasteiger partial charge is 0.451 e. The van der Waals surface area contributed by atoms with Gasteiger partial charge >= 0.3 is 12.1 Å². The van der Waals surface area contributed by atoms with Crippen LogP contribution in [0.4, 0.5) is 19.0 Å². The summed E-state index contributed by atoms with van der Waals surface area (Å²) < 4.78 is 44.5. The molecule has 146 valence electrons. The summed E-state index contributed by atoms with van der Waals surface area (Å²) in [6, 6.07) is 1.52. The highest BCUT2D eigenvalue weighted by Crippen LogP contribution is 2.37. The van der Waals surface area contributed by atoms with Crippen LogP contribution in [0.15, 0.2) is 6.07 Å². The number of rotatable bonds is 6. The zero-order valence-electron chi connectivity index (χ0n) is 15.1. The van der Waals surface area contributed by atoms with Crippen LogP contribution >= 0.6 is 0 Å². The van der Waals surface area contributed by atoms with Gasteiger partial charge in [0.05, 0.1) is 5.41 Å². The van der Waals surface area contributed by atoms with E-state index >= 15 is 0 Å². The molecule has 1 aliphatic heterocycles. The van der Waals surface area contributed by atoms with Crippen molar-refractivity contribution in [2.24, 2.45) is 5.41 Å². The van der Waals surface area contributed by atoms with Crippen LogP contribution in [-0.2, 0) is 15.7 Å². The molecule has 1 aromatic rings. The first-order valence-electron chi connectivity index (χ1n) is 8.52. The summed E-state index contributed by atoms with van der Waals surface area (Å²) in [7, 11) is 1.49. The minimum absolute atomic E-state index is 0.0948. The standard InChI is InChI=1S/C17H24F3N3O3/c1-11(2)12-9-13(22-14(21-12)17(18,19)20)23-7-4-5-16(10-23,15(24)25)6-8-26-3/h9,11H,4-8,10H2,1-3H3,(H,24,25)/t16-/m1/s1. The number of carbonyl (C=O) groups is 1. The van der Waals surface area contributed by atoms with Crippen LogP contribution < -0.4 is 4.90 Å². The monoisotopic (exact) mass is 375 g/mol. The van der Waals surface area contributed by atoms with Crippen LogP contribution in [0.2, 0.25) is 0 Å². The molecule has 26 heavy (non-hydrogen) atoms. The number of anilines is 1. The number of nitrogens with zero attached hydrogens (tertiary/aromatic N) is 3. The Morgan fingerprint density at radius 1 is 1.42 bits per heavy atom. The molecule has 1 N–H and O–H groups in total. The summed E-state index contributed by atoms with van der Waals surface area (Å²) in [5.74, 6) is -2.24. The lowest BCUT2D eigenvalue weighted by atomic mass is 9.77. The maximum Gasteiger partial charge on any atom is 0.451 e. The van der Waals surface area contributed by atoms with E-state index in [4.69, 9.17) is 4.74 Å². The van der Waals surface area contributed by atoms with Crippen LogP contribution in [0.25, 0.3) is 0 Å². The van der Waals surface area contributed by atoms with E-state index in [0.717, 1.165) is 0 Å². The Bertz CT molecular complexity index is 652. The second kappa shape index (κ2) is 7.77. The molecule has 9 heteroatoms. The van der Waals surface area contributed by atoms with Gasteiger partial charge < -0.3 is 14.7 Å². The molecular formula is C17H24F3N3O3. The first-order chi connectivity index (χ1) is 12.1. The fourth-order valence-electron chi connectivity index (χ4n) is 3.15. The van der Waals surface area contributed by atoms with Gasteiger partial charge in [-0.05, 0) is 25.2 Å². The van der Waals surface area contributed by atoms with Gasteiger partial charge in [0.1, 0.15) is 5.82 Å². The molecule has 0 amide bonds. The molecule has 0 spiro atoms. The number of carboxylic acid groups (broad SMARTS) is 1. The summed E-state index contributed by atoms with van der Waals surface area (Å²) in [4.78, 5) is 20.8. The van der Waals surface area contributed by atoms with Crippen molar-refractivity contribution in [1.29, 1.82) is 0 Å². The number of hydrogen-bond donors (Lipinski definition) is 1. The second-order valence-corrected chi connectivity index (χ2v) is 6.98. The van der Waals surface area contributed by atoms with Crippen molar-refractivity contribution in [2.75, 3.05) is 31.7 Å². The Balaban J connectivity index is 2.40. The molecule has 0 aromatic carbocycles. The number of aromatic nitrogens is 2. The van der Waals surface area contributed by atoms with Crippen LogP contribution in [0.1, 0.15) is 50.5 Å². The molecule has 1 fully saturated rings. The fraction of sp³-hybridized carbons (Fsp3) is 0.706. The van der Waals surface area contributed by atoms with Gasteiger partial charge in [-0.2, -0.15) is 13.2 Å². The molecule has 2 rings (SSSR count). The number of carboxylic acids is 1. The molecule has 6 nitrogen and oxygen atoms in total. The Labute approximate surface area is 150 Å². The van der Waals surface area contributed by atoms with Crippen molar-refractivity contribution in [3.05, 3.63) is 17.6 Å². The van der Waals surface area contributed by atoms with E-state index in [-0.39, 0.29) is 30.6 Å². The quantitative estimate of drug-likeness (QED) is 0.822. The highest BCUT2D eigenvalue weighted by Gasteiger charge is 2.43. The number of ether oxygens (including phenoxy) is 1. The van der Waals surface area contributed by atoms with Crippen LogP contribution in [0, 0.1) is 5.41 Å². The summed E-state index contributed by atoms with van der Waals surface area (Å²) >= 11 is 0. The number of piperidine rings is 1. The van der Waals surface area contributed by atoms with Crippen LogP contribution in [0.3, 0.4) is 0 Å². The van der Waals surface area contributed by atoms with E-state index in [1.807, 2.05) is 0 Å². The number of hydrogen-bond acceptors (Lipinski definition) is 5. The maximum absolute atomic E-state index is 13.2. The molecule has 0 aliphatic carbocycles. The van der Waals surface area contributed by atoms with Gasteiger partial charge in [0.2, 0.25) is 5.82 Å². The lowest BCUT2D eigenvalue weighted by Gasteiger charge is -2.40. The van der Waals surface area contributed by atoms with Crippen molar-refractivity contribution < 1.29 is 27.8 Å². The first-order valence-corrected chi connectivity index (χ1v) is 8.52. The second-order valence-electron chi connectivity index (χ2n) is 6.98. The average Bonchev–Trinajstić information content (AvgIpc) is 2.58. The normalized spacial score (nSPS) is 21.3. The Hall–Kier alpha value is -1.90. The predicted molar refractivity (Wildman–Crippen MR) is 89.1 cm³/mol. The molecule has 0 bridgehead atoms. The van der Waals surface area contributed by atoms with Gasteiger partial charge in [-0.25, -0.2) is 9.97 Å². The summed E-state index contributed by atoms with van der Waals surface area (Å²) in [5, 5.41) is 9.71. The zero-order valence-corrected chi connectivity index (χ0v) is 15.1. The van der Waals surface area contributed by atoms with E-state index in [1.165, 1.54) is 13.2 Å². The Kier molecular flexibility index (Phi) is 6.10. The third-order valence-electron chi connectivity index (χ3n) is 4.72. The predicted octanol–water partition coefficient (Wildman–Crippen LogP) is 3.33. The van der Waals surface area contributed by atoms with Gasteiger partial charge in [-0.15, -0.1) is 0 Å². The lowest BCUT2D eigenvalue weighted by molar-refractivity contribution is -0.151. The molecule has 0 saturated carbocycles. The topological polar surface area (TPSA) is 75.6 Å². The molecule has 2 heterocycles. The molecule has 1 aromatic heterocycles. The van der Waals surface area contributed by atoms with Crippen LogP contribution in [-0.4, -0.2) is 47.8 Å². The number of halogens is 3. The van der Waals surface area contributed by atoms with E-state index in [2.05, 4.69) is 9.97 Å². The minimum Gasteiger partial charge on any atom is -0.481 e. The van der Waals surface area contributed by atoms with Gasteiger partial charge in [-0.1, -0.05) is 13.8 Å². The number of aliphatic carboxylic acids is 1. The van der Waals surface area contributed by atoms with Crippen molar-refractivity contribution in [3.8, 4) is 0 Å². The van der Waals surface area contributed by atoms with E-state index in [9.17, 15) is 23.1 Å². The largest absolute Gasteiger partial charge is 0.481 e. The Morgan fingerprint density at radius 3 is 2.65 bits per heavy atom. The zero-order chi connectivity index (χ0) is 19.5. The van der Waals surface area contributed by atoms with E-state index in [0.29, 0.717) is 25.8 Å². The third kappa shape index (κ3) is 4.44. The van der Waals surface area contributed by atoms with Crippen molar-refractivity contribution >= 4 is 11.8 Å². The molecule has 1 atom stereocenters. The summed E-state index contributed by atoms with van der Waals surface area (Å²) in [6.07, 6.45) is -3.35. The third-order valence-corrected chi connectivity index (χ3v) is 4.72. The summed E-state index contributed by atoms with van der Waals surface area (Å²) in [6.45, 7) is 4.32. The van der Waals surface area contributed by atoms with Gasteiger partial charge in [0, 0.05) is 38.6 Å². The van der Waals surface area contributed by atoms with Crippen LogP contribution in [0.5, 0.6) is 0 Å². The van der Waals surface area contributed by atoms with E-state index in [1.54, 1.807) is 18.7 Å². The summed E-state index contributed by atoms with van der Waals surface area (Å²) in [5.41, 5.74) is -0.777. The minimum atomic E-state index is -4.66. The highest BCUT2D eigenvalue weighted by molar-refractivity contribution is 5.76. The number of alkyl halides is 3. The molecule has 1 aliphatic rings. The molecular weight excluding hydrogens is 351 g/mol. The average molecular weight is 375 g/mol. The van der Waals surface area contributed by atoms with E-state index < -0.39 is 23.4 Å². The first kappa shape index (κ1) is 20.4. The Morgan fingerprint density at radius 2 is 2.12 bits per heavy atom. The highest BCUT2D eigenvalue weighted by atomic mass is 19.4. The van der Waals surface area contributed by atoms with Gasteiger partial charge in [0.15, 0.2) is 0 Å². The van der Waals surface area contributed by atoms with Gasteiger partial charge in [0.25, 0.3) is 0 Å². The number of methoxy groups -OCH3 is 1. The fourth-order valence-corrected chi connectivity index (χ4v) is 3.15. The SMILES string of the molecule is COCC[C@]1(C(=O)O)CCCN(c2cc(C(C)C)nc(C(F)(F)F)n2)C1. The van der Waals surface area contributed by atoms with Gasteiger partial charge in [-0.3, -0.25) is 4.79 Å². The van der Waals surface area contributed by atoms with Crippen molar-refractivity contribution in [2.45, 2.75) is 45.2 Å². The van der Waals surface area contributed by atoms with Crippen molar-refractivity contribution in [3.63, 3.8) is 0 Å².